The van der Waals surface area contributed by atoms with Crippen molar-refractivity contribution < 1.29 is 23.8 Å². The standard InChI is InChI=1S/C21H14Cl2FN3O4S/c1-26(16-7-14(22)15(24)6-13(16)20(29)30)19(28)17-18(23)32-21(25-17)27-8-10-3-4-12(31-2)5-11(10)9-27/h3-9H,1-2H3,(H,29,30). The second kappa shape index (κ2) is 8.42. The molecule has 0 aliphatic carbocycles. The zero-order valence-electron chi connectivity index (χ0n) is 16.6. The van der Waals surface area contributed by atoms with E-state index in [0.717, 1.165) is 39.1 Å². The van der Waals surface area contributed by atoms with Crippen molar-refractivity contribution in [3.8, 4) is 10.9 Å². The van der Waals surface area contributed by atoms with Gasteiger partial charge in [-0.15, -0.1) is 0 Å². The van der Waals surface area contributed by atoms with Gasteiger partial charge in [-0.3, -0.25) is 9.36 Å². The minimum Gasteiger partial charge on any atom is -0.497 e. The molecule has 0 aliphatic rings. The number of hydrogen-bond acceptors (Lipinski definition) is 5. The lowest BCUT2D eigenvalue weighted by atomic mass is 10.1. The fourth-order valence-electron chi connectivity index (χ4n) is 3.14. The monoisotopic (exact) mass is 493 g/mol. The Balaban J connectivity index is 1.71. The fraction of sp³-hybridized carbons (Fsp3) is 0.0952. The van der Waals surface area contributed by atoms with Gasteiger partial charge in [0.2, 0.25) is 0 Å². The SMILES string of the molecule is COc1ccc2cn(-c3nc(C(=O)N(C)c4cc(Cl)c(F)cc4C(=O)O)c(Cl)s3)cc2c1. The summed E-state index contributed by atoms with van der Waals surface area (Å²) in [7, 11) is 2.92. The molecule has 32 heavy (non-hydrogen) atoms. The van der Waals surface area contributed by atoms with Crippen molar-refractivity contribution in [1.29, 1.82) is 0 Å². The Kier molecular flexibility index (Phi) is 5.81. The maximum atomic E-state index is 13.8. The van der Waals surface area contributed by atoms with Gasteiger partial charge in [-0.2, -0.15) is 0 Å². The van der Waals surface area contributed by atoms with Crippen molar-refractivity contribution in [2.45, 2.75) is 0 Å². The lowest BCUT2D eigenvalue weighted by Gasteiger charge is -2.19. The van der Waals surface area contributed by atoms with Crippen LogP contribution in [0.3, 0.4) is 0 Å². The van der Waals surface area contributed by atoms with Gasteiger partial charge in [-0.25, -0.2) is 14.2 Å². The molecule has 0 spiro atoms. The lowest BCUT2D eigenvalue weighted by Crippen LogP contribution is -2.28. The van der Waals surface area contributed by atoms with Crippen molar-refractivity contribution >= 4 is 62.9 Å². The summed E-state index contributed by atoms with van der Waals surface area (Å²) in [5.41, 5.74) is -0.570. The van der Waals surface area contributed by atoms with Crippen molar-refractivity contribution in [2.24, 2.45) is 0 Å². The first-order valence-corrected chi connectivity index (χ1v) is 10.6. The lowest BCUT2D eigenvalue weighted by molar-refractivity contribution is 0.0697. The predicted octanol–water partition coefficient (Wildman–Crippen LogP) is 5.52. The maximum Gasteiger partial charge on any atom is 0.337 e. The van der Waals surface area contributed by atoms with Gasteiger partial charge in [0.1, 0.15) is 15.9 Å². The molecule has 2 heterocycles. The molecule has 4 rings (SSSR count). The van der Waals surface area contributed by atoms with Crippen LogP contribution in [-0.2, 0) is 0 Å². The van der Waals surface area contributed by atoms with E-state index in [2.05, 4.69) is 4.98 Å². The largest absolute Gasteiger partial charge is 0.497 e. The summed E-state index contributed by atoms with van der Waals surface area (Å²) in [5, 5.41) is 11.4. The number of amides is 1. The number of carboxylic acids is 1. The number of halogens is 3. The number of hydrogen-bond donors (Lipinski definition) is 1. The smallest absolute Gasteiger partial charge is 0.337 e. The first kappa shape index (κ1) is 22.1. The third-order valence-corrected chi connectivity index (χ3v) is 6.34. The number of aromatic carboxylic acids is 1. The number of carbonyl (C=O) groups is 2. The zero-order valence-corrected chi connectivity index (χ0v) is 18.9. The van der Waals surface area contributed by atoms with Crippen molar-refractivity contribution in [3.05, 3.63) is 69.2 Å². The average molecular weight is 494 g/mol. The Bertz CT molecular complexity index is 1390. The zero-order chi connectivity index (χ0) is 23.2. The molecule has 11 heteroatoms. The van der Waals surface area contributed by atoms with Crippen LogP contribution in [0, 0.1) is 5.82 Å². The van der Waals surface area contributed by atoms with Crippen LogP contribution in [0.4, 0.5) is 10.1 Å². The molecule has 1 N–H and O–H groups in total. The topological polar surface area (TPSA) is 84.7 Å². The minimum absolute atomic E-state index is 0.0683. The van der Waals surface area contributed by atoms with Crippen LogP contribution in [0.2, 0.25) is 9.36 Å². The number of fused-ring (bicyclic) bond motifs is 1. The summed E-state index contributed by atoms with van der Waals surface area (Å²) >= 11 is 13.2. The molecule has 0 aliphatic heterocycles. The highest BCUT2D eigenvalue weighted by molar-refractivity contribution is 7.18. The second-order valence-electron chi connectivity index (χ2n) is 6.73. The van der Waals surface area contributed by atoms with Gasteiger partial charge in [-0.05, 0) is 30.3 Å². The van der Waals surface area contributed by atoms with E-state index in [1.165, 1.54) is 7.05 Å². The van der Waals surface area contributed by atoms with Gasteiger partial charge in [0.05, 0.1) is 23.4 Å². The van der Waals surface area contributed by atoms with E-state index >= 15 is 0 Å². The van der Waals surface area contributed by atoms with Crippen LogP contribution in [0.25, 0.3) is 15.9 Å². The molecule has 0 atom stereocenters. The Labute approximate surface area is 195 Å². The summed E-state index contributed by atoms with van der Waals surface area (Å²) < 4.78 is 20.8. The van der Waals surface area contributed by atoms with Gasteiger partial charge in [-0.1, -0.05) is 34.5 Å². The van der Waals surface area contributed by atoms with E-state index in [1.54, 1.807) is 11.7 Å². The highest BCUT2D eigenvalue weighted by atomic mass is 35.5. The van der Waals surface area contributed by atoms with Gasteiger partial charge in [0.25, 0.3) is 5.91 Å². The van der Waals surface area contributed by atoms with Crippen molar-refractivity contribution in [3.63, 3.8) is 0 Å². The molecule has 1 amide bonds. The maximum absolute atomic E-state index is 13.8. The molecule has 0 bridgehead atoms. The van der Waals surface area contributed by atoms with E-state index < -0.39 is 23.3 Å². The molecule has 0 fully saturated rings. The molecule has 0 unspecified atom stereocenters. The molecule has 2 aromatic carbocycles. The fourth-order valence-corrected chi connectivity index (χ4v) is 4.37. The number of methoxy groups -OCH3 is 1. The average Bonchev–Trinajstić information content (AvgIpc) is 3.36. The van der Waals surface area contributed by atoms with Crippen LogP contribution < -0.4 is 9.64 Å². The van der Waals surface area contributed by atoms with Crippen molar-refractivity contribution in [2.75, 3.05) is 19.1 Å². The first-order valence-electron chi connectivity index (χ1n) is 9.02. The Hall–Kier alpha value is -3.14. The molecular formula is C21H14Cl2FN3O4S. The van der Waals surface area contributed by atoms with Gasteiger partial charge >= 0.3 is 5.97 Å². The third-order valence-electron chi connectivity index (χ3n) is 4.78. The highest BCUT2D eigenvalue weighted by Gasteiger charge is 2.26. The molecular weight excluding hydrogens is 480 g/mol. The molecule has 164 valence electrons. The van der Waals surface area contributed by atoms with Gasteiger partial charge in [0, 0.05) is 30.2 Å². The van der Waals surface area contributed by atoms with Crippen LogP contribution in [-0.4, -0.2) is 40.7 Å². The van der Waals surface area contributed by atoms with E-state index in [4.69, 9.17) is 27.9 Å². The first-order chi connectivity index (χ1) is 15.2. The van der Waals surface area contributed by atoms with E-state index in [-0.39, 0.29) is 20.7 Å². The van der Waals surface area contributed by atoms with Crippen LogP contribution in [0.15, 0.2) is 42.7 Å². The number of rotatable bonds is 5. The number of carbonyl (C=O) groups excluding carboxylic acids is 1. The Morgan fingerprint density at radius 2 is 1.91 bits per heavy atom. The molecule has 0 saturated heterocycles. The Morgan fingerprint density at radius 3 is 2.59 bits per heavy atom. The number of thiazole rings is 1. The number of aromatic nitrogens is 2. The molecule has 2 aromatic heterocycles. The number of anilines is 1. The van der Waals surface area contributed by atoms with Crippen molar-refractivity contribution in [1.82, 2.24) is 9.55 Å². The van der Waals surface area contributed by atoms with Crippen LogP contribution >= 0.6 is 34.5 Å². The van der Waals surface area contributed by atoms with Gasteiger partial charge < -0.3 is 14.7 Å². The van der Waals surface area contributed by atoms with E-state index in [9.17, 15) is 19.1 Å². The van der Waals surface area contributed by atoms with Gasteiger partial charge in [0.15, 0.2) is 10.8 Å². The number of carboxylic acid groups (broad SMARTS) is 1. The molecule has 4 aromatic rings. The summed E-state index contributed by atoms with van der Waals surface area (Å²) in [5.74, 6) is -2.27. The van der Waals surface area contributed by atoms with E-state index in [1.807, 2.05) is 30.6 Å². The summed E-state index contributed by atoms with van der Waals surface area (Å²) in [6.07, 6.45) is 3.66. The highest BCUT2D eigenvalue weighted by Crippen LogP contribution is 2.33. The molecule has 0 saturated carbocycles. The van der Waals surface area contributed by atoms with Crippen LogP contribution in [0.1, 0.15) is 20.8 Å². The molecule has 7 nitrogen and oxygen atoms in total. The Morgan fingerprint density at radius 1 is 1.19 bits per heavy atom. The number of benzene rings is 2. The molecule has 0 radical (unpaired) electrons. The summed E-state index contributed by atoms with van der Waals surface area (Å²) in [4.78, 5) is 30.0. The summed E-state index contributed by atoms with van der Waals surface area (Å²) in [6.45, 7) is 0. The minimum atomic E-state index is -1.41. The normalized spacial score (nSPS) is 11.0. The van der Waals surface area contributed by atoms with E-state index in [0.29, 0.717) is 10.9 Å². The van der Waals surface area contributed by atoms with Crippen LogP contribution in [0.5, 0.6) is 5.75 Å². The summed E-state index contributed by atoms with van der Waals surface area (Å²) in [6, 6.07) is 7.43. The predicted molar refractivity (Wildman–Crippen MR) is 122 cm³/mol. The second-order valence-corrected chi connectivity index (χ2v) is 8.72. The number of nitrogens with zero attached hydrogens (tertiary/aromatic N) is 3. The quantitative estimate of drug-likeness (QED) is 0.395. The third kappa shape index (κ3) is 3.90. The number of ether oxygens (including phenoxy) is 1.